The number of hydrogen-bond donors (Lipinski definition) is 0. The van der Waals surface area contributed by atoms with Gasteiger partial charge in [0.25, 0.3) is 0 Å². The Bertz CT molecular complexity index is 583. The van der Waals surface area contributed by atoms with Gasteiger partial charge in [-0.1, -0.05) is 23.7 Å². The minimum atomic E-state index is -0.470. The van der Waals surface area contributed by atoms with Crippen LogP contribution in [0.4, 0.5) is 4.39 Å². The van der Waals surface area contributed by atoms with Crippen LogP contribution < -0.4 is 0 Å². The third-order valence-electron chi connectivity index (χ3n) is 2.30. The highest BCUT2D eigenvalue weighted by atomic mass is 79.9. The maximum atomic E-state index is 13.3. The van der Waals surface area contributed by atoms with E-state index < -0.39 is 5.82 Å². The van der Waals surface area contributed by atoms with E-state index >= 15 is 0 Å². The maximum absolute atomic E-state index is 13.3. The van der Waals surface area contributed by atoms with Crippen LogP contribution in [-0.2, 0) is 0 Å². The van der Waals surface area contributed by atoms with Crippen molar-refractivity contribution in [2.24, 2.45) is 0 Å². The van der Waals surface area contributed by atoms with E-state index in [-0.39, 0.29) is 11.3 Å². The first kappa shape index (κ1) is 12.3. The molecule has 0 atom stereocenters. The predicted octanol–water partition coefficient (Wildman–Crippen LogP) is 4.47. The summed E-state index contributed by atoms with van der Waals surface area (Å²) in [6.45, 7) is 0. The normalized spacial score (nSPS) is 10.3. The first-order chi connectivity index (χ1) is 8.09. The Morgan fingerprint density at radius 3 is 2.53 bits per heavy atom. The molecule has 0 aliphatic carbocycles. The maximum Gasteiger partial charge on any atom is 0.194 e. The molecule has 17 heavy (non-hydrogen) atoms. The molecule has 0 amide bonds. The molecule has 2 aromatic carbocycles. The molecule has 1 nitrogen and oxygen atoms in total. The highest BCUT2D eigenvalue weighted by Crippen LogP contribution is 2.22. The summed E-state index contributed by atoms with van der Waals surface area (Å²) in [5.74, 6) is -0.759. The van der Waals surface area contributed by atoms with Crippen molar-refractivity contribution >= 4 is 33.3 Å². The van der Waals surface area contributed by atoms with Crippen molar-refractivity contribution < 1.29 is 9.18 Å². The van der Waals surface area contributed by atoms with Gasteiger partial charge in [0, 0.05) is 11.1 Å². The smallest absolute Gasteiger partial charge is 0.194 e. The van der Waals surface area contributed by atoms with Gasteiger partial charge in [-0.2, -0.15) is 0 Å². The molecular weight excluding hydrogens is 306 g/mol. The predicted molar refractivity (Wildman–Crippen MR) is 69.0 cm³/mol. The van der Waals surface area contributed by atoms with Crippen molar-refractivity contribution in [3.05, 3.63) is 68.9 Å². The Kier molecular flexibility index (Phi) is 3.60. The fourth-order valence-electron chi connectivity index (χ4n) is 1.44. The van der Waals surface area contributed by atoms with Gasteiger partial charge in [-0.15, -0.1) is 0 Å². The summed E-state index contributed by atoms with van der Waals surface area (Å²) in [6, 6.07) is 10.9. The number of halogens is 3. The summed E-state index contributed by atoms with van der Waals surface area (Å²) in [4.78, 5) is 12.1. The van der Waals surface area contributed by atoms with E-state index in [2.05, 4.69) is 15.9 Å². The molecule has 0 unspecified atom stereocenters. The quantitative estimate of drug-likeness (QED) is 0.748. The van der Waals surface area contributed by atoms with E-state index in [1.165, 1.54) is 12.1 Å². The molecule has 0 spiro atoms. The molecule has 0 aliphatic rings. The average Bonchev–Trinajstić information content (AvgIpc) is 2.32. The second-order valence-corrected chi connectivity index (χ2v) is 4.70. The molecule has 0 bridgehead atoms. The summed E-state index contributed by atoms with van der Waals surface area (Å²) < 4.78 is 13.7. The lowest BCUT2D eigenvalue weighted by Gasteiger charge is -2.04. The van der Waals surface area contributed by atoms with Gasteiger partial charge in [0.2, 0.25) is 0 Å². The molecule has 0 aromatic heterocycles. The third kappa shape index (κ3) is 2.56. The third-order valence-corrected chi connectivity index (χ3v) is 3.27. The monoisotopic (exact) mass is 312 g/mol. The molecule has 0 N–H and O–H groups in total. The molecule has 2 aromatic rings. The van der Waals surface area contributed by atoms with Crippen LogP contribution in [0, 0.1) is 5.82 Å². The van der Waals surface area contributed by atoms with Crippen LogP contribution >= 0.6 is 27.5 Å². The second-order valence-electron chi connectivity index (χ2n) is 3.44. The Hall–Kier alpha value is -1.19. The van der Waals surface area contributed by atoms with Gasteiger partial charge in [0.15, 0.2) is 5.78 Å². The lowest BCUT2D eigenvalue weighted by atomic mass is 10.0. The molecule has 2 rings (SSSR count). The molecule has 4 heteroatoms. The summed E-state index contributed by atoms with van der Waals surface area (Å²) in [6.07, 6.45) is 0. The SMILES string of the molecule is O=C(c1ccc(Br)c(F)c1)c1ccccc1Cl. The largest absolute Gasteiger partial charge is 0.289 e. The standard InChI is InChI=1S/C13H7BrClFO/c14-10-6-5-8(7-12(10)16)13(17)9-3-1-2-4-11(9)15/h1-7H. The molecular formula is C13H7BrClFO. The van der Waals surface area contributed by atoms with Crippen LogP contribution in [-0.4, -0.2) is 5.78 Å². The second kappa shape index (κ2) is 4.98. The highest BCUT2D eigenvalue weighted by molar-refractivity contribution is 9.10. The van der Waals surface area contributed by atoms with Crippen LogP contribution in [0.1, 0.15) is 15.9 Å². The van der Waals surface area contributed by atoms with Gasteiger partial charge in [0.1, 0.15) is 5.82 Å². The average molecular weight is 314 g/mol. The van der Waals surface area contributed by atoms with E-state index in [4.69, 9.17) is 11.6 Å². The molecule has 0 saturated heterocycles. The van der Waals surface area contributed by atoms with Gasteiger partial charge < -0.3 is 0 Å². The number of ketones is 1. The lowest BCUT2D eigenvalue weighted by molar-refractivity contribution is 0.103. The van der Waals surface area contributed by atoms with Crippen molar-refractivity contribution in [1.82, 2.24) is 0 Å². The first-order valence-corrected chi connectivity index (χ1v) is 6.01. The van der Waals surface area contributed by atoms with E-state index in [1.54, 1.807) is 30.3 Å². The zero-order valence-electron chi connectivity index (χ0n) is 8.58. The van der Waals surface area contributed by atoms with Crippen molar-refractivity contribution in [2.75, 3.05) is 0 Å². The number of carbonyl (C=O) groups is 1. The fraction of sp³-hybridized carbons (Fsp3) is 0. The Balaban J connectivity index is 2.44. The molecule has 0 fully saturated rings. The van der Waals surface area contributed by atoms with Gasteiger partial charge in [-0.3, -0.25) is 4.79 Å². The summed E-state index contributed by atoms with van der Waals surface area (Å²) in [5, 5.41) is 0.362. The van der Waals surface area contributed by atoms with Gasteiger partial charge >= 0.3 is 0 Å². The van der Waals surface area contributed by atoms with Crippen molar-refractivity contribution in [3.8, 4) is 0 Å². The number of benzene rings is 2. The van der Waals surface area contributed by atoms with E-state index in [1.807, 2.05) is 0 Å². The molecule has 0 saturated carbocycles. The van der Waals surface area contributed by atoms with Crippen LogP contribution in [0.2, 0.25) is 5.02 Å². The van der Waals surface area contributed by atoms with Gasteiger partial charge in [0.05, 0.1) is 9.50 Å². The fourth-order valence-corrected chi connectivity index (χ4v) is 1.91. The molecule has 0 radical (unpaired) electrons. The molecule has 0 aliphatic heterocycles. The first-order valence-electron chi connectivity index (χ1n) is 4.84. The Morgan fingerprint density at radius 1 is 1.18 bits per heavy atom. The lowest BCUT2D eigenvalue weighted by Crippen LogP contribution is -2.02. The minimum Gasteiger partial charge on any atom is -0.289 e. The zero-order chi connectivity index (χ0) is 12.4. The van der Waals surface area contributed by atoms with E-state index in [9.17, 15) is 9.18 Å². The van der Waals surface area contributed by atoms with Crippen molar-refractivity contribution in [2.45, 2.75) is 0 Å². The molecule has 0 heterocycles. The van der Waals surface area contributed by atoms with E-state index in [0.717, 1.165) is 0 Å². The number of rotatable bonds is 2. The topological polar surface area (TPSA) is 17.1 Å². The summed E-state index contributed by atoms with van der Waals surface area (Å²) >= 11 is 8.95. The van der Waals surface area contributed by atoms with E-state index in [0.29, 0.717) is 15.1 Å². The van der Waals surface area contributed by atoms with Crippen molar-refractivity contribution in [3.63, 3.8) is 0 Å². The number of hydrogen-bond acceptors (Lipinski definition) is 1. The Morgan fingerprint density at radius 2 is 1.88 bits per heavy atom. The minimum absolute atomic E-state index is 0.277. The molecule has 86 valence electrons. The zero-order valence-corrected chi connectivity index (χ0v) is 10.9. The van der Waals surface area contributed by atoms with Crippen LogP contribution in [0.3, 0.4) is 0 Å². The van der Waals surface area contributed by atoms with Crippen LogP contribution in [0.5, 0.6) is 0 Å². The summed E-state index contributed by atoms with van der Waals surface area (Å²) in [5.41, 5.74) is 0.648. The Labute approximate surface area is 111 Å². The highest BCUT2D eigenvalue weighted by Gasteiger charge is 2.13. The summed E-state index contributed by atoms with van der Waals surface area (Å²) in [7, 11) is 0. The van der Waals surface area contributed by atoms with Gasteiger partial charge in [-0.25, -0.2) is 4.39 Å². The van der Waals surface area contributed by atoms with Gasteiger partial charge in [-0.05, 0) is 46.3 Å². The van der Waals surface area contributed by atoms with Crippen molar-refractivity contribution in [1.29, 1.82) is 0 Å². The number of carbonyl (C=O) groups excluding carboxylic acids is 1. The van der Waals surface area contributed by atoms with Crippen LogP contribution in [0.25, 0.3) is 0 Å². The van der Waals surface area contributed by atoms with Crippen LogP contribution in [0.15, 0.2) is 46.9 Å².